The number of ether oxygens (including phenoxy) is 2. The van der Waals surface area contributed by atoms with E-state index in [2.05, 4.69) is 4.98 Å². The van der Waals surface area contributed by atoms with Crippen molar-refractivity contribution >= 4 is 23.4 Å². The lowest BCUT2D eigenvalue weighted by Gasteiger charge is -2.29. The number of aromatic nitrogens is 1. The molecule has 0 atom stereocenters. The van der Waals surface area contributed by atoms with Crippen molar-refractivity contribution in [1.82, 2.24) is 4.98 Å². The van der Waals surface area contributed by atoms with Crippen LogP contribution in [0.5, 0.6) is 5.75 Å². The average molecular weight is 373 g/mol. The van der Waals surface area contributed by atoms with Gasteiger partial charge in [-0.1, -0.05) is 41.9 Å². The van der Waals surface area contributed by atoms with E-state index in [-0.39, 0.29) is 31.2 Å². The van der Waals surface area contributed by atoms with Gasteiger partial charge in [0.25, 0.3) is 0 Å². The second kappa shape index (κ2) is 6.79. The maximum Gasteiger partial charge on any atom is 0.433 e. The minimum atomic E-state index is -4.70. The second-order valence-electron chi connectivity index (χ2n) is 5.18. The van der Waals surface area contributed by atoms with E-state index in [1.807, 2.05) is 6.07 Å². The molecule has 0 N–H and O–H groups in total. The van der Waals surface area contributed by atoms with Crippen LogP contribution in [0.1, 0.15) is 11.3 Å². The van der Waals surface area contributed by atoms with Gasteiger partial charge in [0.2, 0.25) is 0 Å². The number of alkyl halides is 3. The number of carbonyl (C=O) groups is 1. The van der Waals surface area contributed by atoms with Gasteiger partial charge in [-0.3, -0.25) is 4.90 Å². The van der Waals surface area contributed by atoms with Crippen LogP contribution in [0.15, 0.2) is 36.4 Å². The van der Waals surface area contributed by atoms with Crippen LogP contribution >= 0.6 is 11.6 Å². The minimum absolute atomic E-state index is 0.00267. The zero-order chi connectivity index (χ0) is 18.0. The number of rotatable bonds is 2. The summed E-state index contributed by atoms with van der Waals surface area (Å²) in [7, 11) is 0. The van der Waals surface area contributed by atoms with Gasteiger partial charge in [-0.15, -0.1) is 0 Å². The van der Waals surface area contributed by atoms with Gasteiger partial charge in [0, 0.05) is 0 Å². The number of hydrogen-bond donors (Lipinski definition) is 0. The van der Waals surface area contributed by atoms with Crippen molar-refractivity contribution in [2.24, 2.45) is 0 Å². The molecule has 0 fully saturated rings. The van der Waals surface area contributed by atoms with Gasteiger partial charge < -0.3 is 9.47 Å². The van der Waals surface area contributed by atoms with Gasteiger partial charge in [0.05, 0.1) is 12.2 Å². The van der Waals surface area contributed by atoms with E-state index in [0.717, 1.165) is 16.5 Å². The SMILES string of the molecule is O=C(OCc1ccccc1)N1CCOc2c1cc(C(F)(F)F)nc2Cl. The second-order valence-corrected chi connectivity index (χ2v) is 5.54. The van der Waals surface area contributed by atoms with Gasteiger partial charge in [-0.25, -0.2) is 9.78 Å². The first-order chi connectivity index (χ1) is 11.9. The highest BCUT2D eigenvalue weighted by molar-refractivity contribution is 6.31. The van der Waals surface area contributed by atoms with Crippen LogP contribution in [0, 0.1) is 0 Å². The minimum Gasteiger partial charge on any atom is -0.486 e. The topological polar surface area (TPSA) is 51.7 Å². The predicted octanol–water partition coefficient (Wildman–Crippen LogP) is 4.29. The molecule has 1 aliphatic rings. The van der Waals surface area contributed by atoms with Crippen LogP contribution < -0.4 is 9.64 Å². The Morgan fingerprint density at radius 1 is 1.32 bits per heavy atom. The molecule has 2 heterocycles. The van der Waals surface area contributed by atoms with Crippen LogP contribution in [0.25, 0.3) is 0 Å². The van der Waals surface area contributed by atoms with Gasteiger partial charge in [0.1, 0.15) is 18.9 Å². The van der Waals surface area contributed by atoms with Crippen LogP contribution in [-0.2, 0) is 17.5 Å². The number of carbonyl (C=O) groups excluding carboxylic acids is 1. The highest BCUT2D eigenvalue weighted by Crippen LogP contribution is 2.41. The van der Waals surface area contributed by atoms with Crippen molar-refractivity contribution in [3.05, 3.63) is 52.8 Å². The van der Waals surface area contributed by atoms with E-state index >= 15 is 0 Å². The number of hydrogen-bond acceptors (Lipinski definition) is 4. The van der Waals surface area contributed by atoms with Gasteiger partial charge in [0.15, 0.2) is 10.9 Å². The summed E-state index contributed by atoms with van der Waals surface area (Å²) in [5.74, 6) is -0.0717. The van der Waals surface area contributed by atoms with E-state index in [9.17, 15) is 18.0 Å². The van der Waals surface area contributed by atoms with E-state index in [1.54, 1.807) is 24.3 Å². The lowest BCUT2D eigenvalue weighted by Crippen LogP contribution is -2.38. The van der Waals surface area contributed by atoms with E-state index in [4.69, 9.17) is 21.1 Å². The van der Waals surface area contributed by atoms with Crippen molar-refractivity contribution < 1.29 is 27.4 Å². The zero-order valence-corrected chi connectivity index (χ0v) is 13.5. The van der Waals surface area contributed by atoms with Gasteiger partial charge >= 0.3 is 12.3 Å². The Morgan fingerprint density at radius 2 is 2.04 bits per heavy atom. The molecule has 2 aromatic rings. The largest absolute Gasteiger partial charge is 0.486 e. The quantitative estimate of drug-likeness (QED) is 0.738. The molecule has 0 saturated carbocycles. The van der Waals surface area contributed by atoms with Gasteiger partial charge in [-0.2, -0.15) is 13.2 Å². The first kappa shape index (κ1) is 17.3. The molecule has 0 bridgehead atoms. The molecule has 3 rings (SSSR count). The maximum absolute atomic E-state index is 12.9. The fraction of sp³-hybridized carbons (Fsp3) is 0.250. The summed E-state index contributed by atoms with van der Waals surface area (Å²) < 4.78 is 49.2. The van der Waals surface area contributed by atoms with E-state index < -0.39 is 23.1 Å². The first-order valence-corrected chi connectivity index (χ1v) is 7.63. The summed E-state index contributed by atoms with van der Waals surface area (Å²) in [6, 6.07) is 9.65. The zero-order valence-electron chi connectivity index (χ0n) is 12.7. The fourth-order valence-electron chi connectivity index (χ4n) is 2.32. The van der Waals surface area contributed by atoms with E-state index in [1.165, 1.54) is 0 Å². The molecule has 1 aromatic heterocycles. The normalized spacial score (nSPS) is 13.8. The van der Waals surface area contributed by atoms with Crippen molar-refractivity contribution in [2.75, 3.05) is 18.1 Å². The fourth-order valence-corrected chi connectivity index (χ4v) is 2.56. The Balaban J connectivity index is 1.85. The molecule has 1 aliphatic heterocycles. The Hall–Kier alpha value is -2.48. The Bertz CT molecular complexity index is 784. The Morgan fingerprint density at radius 3 is 2.72 bits per heavy atom. The van der Waals surface area contributed by atoms with E-state index in [0.29, 0.717) is 0 Å². The summed E-state index contributed by atoms with van der Waals surface area (Å²) in [6.45, 7) is 0.107. The van der Waals surface area contributed by atoms with Gasteiger partial charge in [-0.05, 0) is 11.6 Å². The highest BCUT2D eigenvalue weighted by atomic mass is 35.5. The third kappa shape index (κ3) is 3.79. The molecule has 25 heavy (non-hydrogen) atoms. The molecule has 5 nitrogen and oxygen atoms in total. The standard InChI is InChI=1S/C16H12ClF3N2O3/c17-14-13-11(8-12(21-14)16(18,19)20)22(6-7-24-13)15(23)25-9-10-4-2-1-3-5-10/h1-5,8H,6-7,9H2. The van der Waals surface area contributed by atoms with Crippen molar-refractivity contribution in [3.8, 4) is 5.75 Å². The summed E-state index contributed by atoms with van der Waals surface area (Å²) in [6.07, 6.45) is -5.49. The van der Waals surface area contributed by atoms with Crippen LogP contribution in [-0.4, -0.2) is 24.2 Å². The summed E-state index contributed by atoms with van der Waals surface area (Å²) in [5.41, 5.74) is -0.563. The smallest absolute Gasteiger partial charge is 0.433 e. The number of nitrogens with zero attached hydrogens (tertiary/aromatic N) is 2. The van der Waals surface area contributed by atoms with Crippen LogP contribution in [0.3, 0.4) is 0 Å². The summed E-state index contributed by atoms with van der Waals surface area (Å²) in [5, 5.41) is -0.453. The molecular weight excluding hydrogens is 361 g/mol. The molecule has 1 amide bonds. The molecule has 0 unspecified atom stereocenters. The molecule has 0 aliphatic carbocycles. The lowest BCUT2D eigenvalue weighted by atomic mass is 10.2. The number of amides is 1. The van der Waals surface area contributed by atoms with Crippen molar-refractivity contribution in [2.45, 2.75) is 12.8 Å². The first-order valence-electron chi connectivity index (χ1n) is 7.25. The number of anilines is 1. The monoisotopic (exact) mass is 372 g/mol. The summed E-state index contributed by atoms with van der Waals surface area (Å²) in [4.78, 5) is 16.7. The average Bonchev–Trinajstić information content (AvgIpc) is 2.59. The third-order valence-electron chi connectivity index (χ3n) is 3.48. The number of halogens is 4. The van der Waals surface area contributed by atoms with Crippen molar-refractivity contribution in [3.63, 3.8) is 0 Å². The number of pyridine rings is 1. The molecule has 0 spiro atoms. The Kier molecular flexibility index (Phi) is 4.71. The summed E-state index contributed by atoms with van der Waals surface area (Å²) >= 11 is 5.78. The Labute approximate surface area is 145 Å². The van der Waals surface area contributed by atoms with Crippen LogP contribution in [0.4, 0.5) is 23.7 Å². The van der Waals surface area contributed by atoms with Crippen molar-refractivity contribution in [1.29, 1.82) is 0 Å². The predicted molar refractivity (Wildman–Crippen MR) is 83.7 cm³/mol. The molecule has 132 valence electrons. The van der Waals surface area contributed by atoms with Crippen LogP contribution in [0.2, 0.25) is 5.15 Å². The molecule has 9 heteroatoms. The molecule has 0 saturated heterocycles. The maximum atomic E-state index is 12.9. The molecular formula is C16H12ClF3N2O3. The molecule has 1 aromatic carbocycles. The highest BCUT2D eigenvalue weighted by Gasteiger charge is 2.37. The molecule has 0 radical (unpaired) electrons. The third-order valence-corrected chi connectivity index (χ3v) is 3.74. The number of fused-ring (bicyclic) bond motifs is 1. The lowest BCUT2D eigenvalue weighted by molar-refractivity contribution is -0.141. The number of benzene rings is 1.